The van der Waals surface area contributed by atoms with Crippen LogP contribution in [0.1, 0.15) is 43.4 Å². The average molecular weight is 541 g/mol. The third-order valence-corrected chi connectivity index (χ3v) is 7.42. The van der Waals surface area contributed by atoms with Crippen LogP contribution in [0.4, 0.5) is 5.82 Å². The van der Waals surface area contributed by atoms with Crippen LogP contribution in [-0.4, -0.2) is 37.9 Å². The molecule has 1 aliphatic heterocycles. The van der Waals surface area contributed by atoms with E-state index in [4.69, 9.17) is 28.4 Å². The number of hydrogen-bond acceptors (Lipinski definition) is 7. The Morgan fingerprint density at radius 3 is 2.67 bits per heavy atom. The van der Waals surface area contributed by atoms with Crippen LogP contribution in [0.2, 0.25) is 5.02 Å². The Balaban J connectivity index is 1.36. The third kappa shape index (κ3) is 6.03. The third-order valence-electron chi connectivity index (χ3n) is 5.79. The summed E-state index contributed by atoms with van der Waals surface area (Å²) in [6.07, 6.45) is 4.12. The number of carbonyl (C=O) groups excluding carboxylic acids is 2. The number of halogens is 1. The second kappa shape index (κ2) is 11.8. The van der Waals surface area contributed by atoms with Gasteiger partial charge >= 0.3 is 0 Å². The number of benzene rings is 2. The average Bonchev–Trinajstić information content (AvgIpc) is 3.44. The van der Waals surface area contributed by atoms with E-state index in [1.807, 2.05) is 12.1 Å². The second-order valence-electron chi connectivity index (χ2n) is 8.20. The molecule has 36 heavy (non-hydrogen) atoms. The molecule has 0 aliphatic carbocycles. The van der Waals surface area contributed by atoms with Crippen molar-refractivity contribution in [1.29, 1.82) is 0 Å². The van der Waals surface area contributed by atoms with Crippen molar-refractivity contribution in [2.75, 3.05) is 11.9 Å². The van der Waals surface area contributed by atoms with E-state index in [0.29, 0.717) is 38.7 Å². The molecular weight excluding hydrogens is 516 g/mol. The molecule has 0 bridgehead atoms. The molecule has 186 valence electrons. The number of nitrogens with one attached hydrogen (secondary N) is 1. The Labute approximate surface area is 224 Å². The van der Waals surface area contributed by atoms with Crippen molar-refractivity contribution in [1.82, 2.24) is 15.2 Å². The molecule has 2 heterocycles. The fraction of sp³-hybridized carbons (Fsp3) is 0.269. The molecule has 0 spiro atoms. The number of carbonyl (C=O) groups is 2. The number of hydrogen-bond donors (Lipinski definition) is 1. The van der Waals surface area contributed by atoms with Crippen molar-refractivity contribution in [3.05, 3.63) is 69.1 Å². The largest absolute Gasteiger partial charge is 0.306 e. The van der Waals surface area contributed by atoms with Gasteiger partial charge < -0.3 is 5.32 Å². The van der Waals surface area contributed by atoms with Gasteiger partial charge in [0, 0.05) is 23.6 Å². The summed E-state index contributed by atoms with van der Waals surface area (Å²) in [6.45, 7) is 4.49. The van der Waals surface area contributed by atoms with E-state index >= 15 is 0 Å². The van der Waals surface area contributed by atoms with Gasteiger partial charge in [-0.15, -0.1) is 0 Å². The SMILES string of the molecule is CCc1ccc(CC)c(-c2nonc2NC(=O)CCCN2C(=O)/C(=C/c3ccc(Cl)cc3)SC2=S)c1. The molecule has 2 amide bonds. The zero-order chi connectivity index (χ0) is 25.7. The van der Waals surface area contributed by atoms with Gasteiger partial charge in [0.15, 0.2) is 5.69 Å². The molecule has 1 aliphatic rings. The van der Waals surface area contributed by atoms with Crippen molar-refractivity contribution < 1.29 is 14.2 Å². The van der Waals surface area contributed by atoms with E-state index in [-0.39, 0.29) is 18.2 Å². The summed E-state index contributed by atoms with van der Waals surface area (Å²) in [5.74, 6) is -0.107. The molecule has 3 aromatic rings. The van der Waals surface area contributed by atoms with Crippen molar-refractivity contribution in [3.63, 3.8) is 0 Å². The Morgan fingerprint density at radius 1 is 1.17 bits per heavy atom. The molecule has 2 aromatic carbocycles. The predicted molar refractivity (Wildman–Crippen MR) is 148 cm³/mol. The number of thioether (sulfide) groups is 1. The quantitative estimate of drug-likeness (QED) is 0.258. The summed E-state index contributed by atoms with van der Waals surface area (Å²) in [5, 5.41) is 11.4. The van der Waals surface area contributed by atoms with Gasteiger partial charge in [-0.05, 0) is 70.5 Å². The summed E-state index contributed by atoms with van der Waals surface area (Å²) >= 11 is 12.6. The Morgan fingerprint density at radius 2 is 1.94 bits per heavy atom. The van der Waals surface area contributed by atoms with E-state index in [2.05, 4.69) is 47.7 Å². The Kier molecular flexibility index (Phi) is 8.56. The highest BCUT2D eigenvalue weighted by molar-refractivity contribution is 8.26. The van der Waals surface area contributed by atoms with Gasteiger partial charge in [0.1, 0.15) is 4.32 Å². The highest BCUT2D eigenvalue weighted by Gasteiger charge is 2.31. The van der Waals surface area contributed by atoms with E-state index < -0.39 is 0 Å². The molecule has 0 unspecified atom stereocenters. The second-order valence-corrected chi connectivity index (χ2v) is 10.3. The van der Waals surface area contributed by atoms with Crippen molar-refractivity contribution in [3.8, 4) is 11.3 Å². The number of thiocarbonyl (C=S) groups is 1. The first-order chi connectivity index (χ1) is 17.4. The van der Waals surface area contributed by atoms with E-state index in [9.17, 15) is 9.59 Å². The van der Waals surface area contributed by atoms with Gasteiger partial charge in [-0.3, -0.25) is 14.5 Å². The number of amides is 2. The number of aromatic nitrogens is 2. The van der Waals surface area contributed by atoms with Gasteiger partial charge in [0.05, 0.1) is 4.91 Å². The summed E-state index contributed by atoms with van der Waals surface area (Å²) in [4.78, 5) is 27.6. The highest BCUT2D eigenvalue weighted by Crippen LogP contribution is 2.33. The Bertz CT molecular complexity index is 1320. The molecule has 1 aromatic heterocycles. The molecule has 1 saturated heterocycles. The first kappa shape index (κ1) is 26.1. The number of nitrogens with zero attached hydrogens (tertiary/aromatic N) is 3. The minimum absolute atomic E-state index is 0.161. The highest BCUT2D eigenvalue weighted by atomic mass is 35.5. The summed E-state index contributed by atoms with van der Waals surface area (Å²) in [7, 11) is 0. The number of aryl methyl sites for hydroxylation is 2. The van der Waals surface area contributed by atoms with Gasteiger partial charge in [-0.25, -0.2) is 4.63 Å². The van der Waals surface area contributed by atoms with Crippen LogP contribution in [-0.2, 0) is 22.4 Å². The standard InChI is InChI=1S/C26H25ClN4O3S2/c1-3-16-7-10-18(4-2)20(14-16)23-24(30-34-29-23)28-22(32)6-5-13-31-25(33)21(36-26(31)35)15-17-8-11-19(27)12-9-17/h7-12,14-15H,3-6,13H2,1-2H3,(H,28,30,32)/b21-15-. The van der Waals surface area contributed by atoms with Gasteiger partial charge in [-0.2, -0.15) is 0 Å². The lowest BCUT2D eigenvalue weighted by atomic mass is 9.98. The molecular formula is C26H25ClN4O3S2. The van der Waals surface area contributed by atoms with Crippen LogP contribution in [0.3, 0.4) is 0 Å². The summed E-state index contributed by atoms with van der Waals surface area (Å²) in [6, 6.07) is 13.4. The zero-order valence-corrected chi connectivity index (χ0v) is 22.3. The first-order valence-corrected chi connectivity index (χ1v) is 13.2. The van der Waals surface area contributed by atoms with E-state index in [1.54, 1.807) is 18.2 Å². The zero-order valence-electron chi connectivity index (χ0n) is 19.9. The predicted octanol–water partition coefficient (Wildman–Crippen LogP) is 6.13. The topological polar surface area (TPSA) is 88.3 Å². The van der Waals surface area contributed by atoms with E-state index in [1.165, 1.54) is 16.7 Å². The molecule has 1 N–H and O–H groups in total. The number of rotatable bonds is 9. The lowest BCUT2D eigenvalue weighted by Crippen LogP contribution is -2.29. The van der Waals surface area contributed by atoms with Crippen molar-refractivity contribution in [2.45, 2.75) is 39.5 Å². The molecule has 7 nitrogen and oxygen atoms in total. The smallest absolute Gasteiger partial charge is 0.266 e. The van der Waals surface area contributed by atoms with Crippen LogP contribution in [0, 0.1) is 0 Å². The molecule has 0 radical (unpaired) electrons. The molecule has 0 saturated carbocycles. The Hall–Kier alpha value is -3.01. The minimum atomic E-state index is -0.237. The number of anilines is 1. The molecule has 4 rings (SSSR count). The maximum Gasteiger partial charge on any atom is 0.266 e. The first-order valence-electron chi connectivity index (χ1n) is 11.6. The molecule has 0 atom stereocenters. The van der Waals surface area contributed by atoms with Crippen LogP contribution in [0.5, 0.6) is 0 Å². The lowest BCUT2D eigenvalue weighted by molar-refractivity contribution is -0.122. The lowest BCUT2D eigenvalue weighted by Gasteiger charge is -2.14. The summed E-state index contributed by atoms with van der Waals surface area (Å²) < 4.78 is 5.43. The van der Waals surface area contributed by atoms with Crippen LogP contribution in [0.15, 0.2) is 52.0 Å². The van der Waals surface area contributed by atoms with Crippen LogP contribution >= 0.6 is 35.6 Å². The maximum absolute atomic E-state index is 12.8. The van der Waals surface area contributed by atoms with Crippen LogP contribution < -0.4 is 5.32 Å². The molecule has 1 fully saturated rings. The van der Waals surface area contributed by atoms with Gasteiger partial charge in [0.25, 0.3) is 5.91 Å². The van der Waals surface area contributed by atoms with Crippen molar-refractivity contribution >= 4 is 63.6 Å². The summed E-state index contributed by atoms with van der Waals surface area (Å²) in [5.41, 5.74) is 4.54. The fourth-order valence-electron chi connectivity index (χ4n) is 3.82. The van der Waals surface area contributed by atoms with E-state index in [0.717, 1.165) is 35.1 Å². The molecule has 10 heteroatoms. The maximum atomic E-state index is 12.8. The normalized spacial score (nSPS) is 14.6. The van der Waals surface area contributed by atoms with Crippen molar-refractivity contribution in [2.24, 2.45) is 0 Å². The van der Waals surface area contributed by atoms with Gasteiger partial charge in [-0.1, -0.05) is 73.7 Å². The monoisotopic (exact) mass is 540 g/mol. The fourth-order valence-corrected chi connectivity index (χ4v) is 5.25. The van der Waals surface area contributed by atoms with Gasteiger partial charge in [0.2, 0.25) is 11.7 Å². The minimum Gasteiger partial charge on any atom is -0.306 e. The van der Waals surface area contributed by atoms with Crippen LogP contribution in [0.25, 0.3) is 17.3 Å².